The fourth-order valence-corrected chi connectivity index (χ4v) is 3.98. The van der Waals surface area contributed by atoms with Crippen LogP contribution in [0.2, 0.25) is 5.02 Å². The predicted molar refractivity (Wildman–Crippen MR) is 89.5 cm³/mol. The van der Waals surface area contributed by atoms with Gasteiger partial charge in [0.1, 0.15) is 12.4 Å². The molecule has 1 aliphatic heterocycles. The van der Waals surface area contributed by atoms with Gasteiger partial charge in [0.2, 0.25) is 0 Å². The summed E-state index contributed by atoms with van der Waals surface area (Å²) < 4.78 is 6.02. The first-order valence-corrected chi connectivity index (χ1v) is 8.38. The molecule has 3 rings (SSSR count). The van der Waals surface area contributed by atoms with Gasteiger partial charge < -0.3 is 10.5 Å². The number of fused-ring (bicyclic) bond motifs is 1. The number of benzene rings is 2. The first kappa shape index (κ1) is 14.8. The number of rotatable bonds is 5. The van der Waals surface area contributed by atoms with Crippen LogP contribution in [-0.4, -0.2) is 18.4 Å². The van der Waals surface area contributed by atoms with Crippen molar-refractivity contribution in [1.82, 2.24) is 0 Å². The number of ether oxygens (including phenoxy) is 1. The highest BCUT2D eigenvalue weighted by Gasteiger charge is 2.22. The van der Waals surface area contributed by atoms with E-state index < -0.39 is 0 Å². The van der Waals surface area contributed by atoms with E-state index in [4.69, 9.17) is 22.1 Å². The molecular weight excluding hydrogens is 302 g/mol. The van der Waals surface area contributed by atoms with Gasteiger partial charge >= 0.3 is 0 Å². The monoisotopic (exact) mass is 319 g/mol. The van der Waals surface area contributed by atoms with Crippen LogP contribution in [0.1, 0.15) is 11.1 Å². The zero-order valence-electron chi connectivity index (χ0n) is 11.7. The smallest absolute Gasteiger partial charge is 0.122 e. The lowest BCUT2D eigenvalue weighted by molar-refractivity contribution is 0.314. The summed E-state index contributed by atoms with van der Waals surface area (Å²) >= 11 is 7.94. The largest absolute Gasteiger partial charge is 0.492 e. The highest BCUT2D eigenvalue weighted by atomic mass is 35.5. The maximum absolute atomic E-state index is 6.04. The molecule has 0 spiro atoms. The molecule has 0 saturated heterocycles. The average Bonchev–Trinajstić information content (AvgIpc) is 2.89. The fraction of sp³-hybridized carbons (Fsp3) is 0.294. The fourth-order valence-electron chi connectivity index (χ4n) is 2.57. The van der Waals surface area contributed by atoms with Crippen molar-refractivity contribution in [3.8, 4) is 5.75 Å². The van der Waals surface area contributed by atoms with E-state index in [0.29, 0.717) is 18.4 Å². The average molecular weight is 320 g/mol. The molecule has 0 saturated carbocycles. The minimum atomic E-state index is 0.476. The van der Waals surface area contributed by atoms with E-state index in [1.54, 1.807) is 0 Å². The standard InChI is InChI=1S/C17H18ClNOS/c18-14-5-6-16(12(9-14)7-8-19)20-11-15-10-13-3-1-2-4-17(13)21-15/h1-6,9,15H,7-8,10-11,19H2. The quantitative estimate of drug-likeness (QED) is 0.906. The van der Waals surface area contributed by atoms with Crippen molar-refractivity contribution in [3.05, 3.63) is 58.6 Å². The molecule has 1 aliphatic rings. The third-order valence-electron chi connectivity index (χ3n) is 3.57. The normalized spacial score (nSPS) is 16.8. The second kappa shape index (κ2) is 6.73. The lowest BCUT2D eigenvalue weighted by Gasteiger charge is -2.14. The van der Waals surface area contributed by atoms with Crippen LogP contribution in [0, 0.1) is 0 Å². The number of hydrogen-bond acceptors (Lipinski definition) is 3. The molecule has 2 N–H and O–H groups in total. The van der Waals surface area contributed by atoms with Gasteiger partial charge in [-0.05, 0) is 54.8 Å². The molecule has 0 bridgehead atoms. The summed E-state index contributed by atoms with van der Waals surface area (Å²) in [6.45, 7) is 1.30. The van der Waals surface area contributed by atoms with Gasteiger partial charge in [0.05, 0.1) is 0 Å². The van der Waals surface area contributed by atoms with Gasteiger partial charge in [0, 0.05) is 15.2 Å². The Hall–Kier alpha value is -1.16. The Balaban J connectivity index is 1.64. The summed E-state index contributed by atoms with van der Waals surface area (Å²) in [7, 11) is 0. The molecule has 0 aromatic heterocycles. The Morgan fingerprint density at radius 3 is 2.90 bits per heavy atom. The van der Waals surface area contributed by atoms with Gasteiger partial charge in [-0.15, -0.1) is 11.8 Å². The Kier molecular flexibility index (Phi) is 4.73. The summed E-state index contributed by atoms with van der Waals surface area (Å²) in [4.78, 5) is 1.38. The second-order valence-corrected chi connectivity index (χ2v) is 6.93. The number of halogens is 1. The molecular formula is C17H18ClNOS. The van der Waals surface area contributed by atoms with Crippen molar-refractivity contribution in [2.75, 3.05) is 13.2 Å². The van der Waals surface area contributed by atoms with Crippen molar-refractivity contribution in [2.24, 2.45) is 5.73 Å². The van der Waals surface area contributed by atoms with Crippen molar-refractivity contribution in [2.45, 2.75) is 23.0 Å². The SMILES string of the molecule is NCCc1cc(Cl)ccc1OCC1Cc2ccccc2S1. The van der Waals surface area contributed by atoms with Gasteiger partial charge in [-0.2, -0.15) is 0 Å². The number of nitrogens with two attached hydrogens (primary N) is 1. The molecule has 2 aromatic carbocycles. The minimum absolute atomic E-state index is 0.476. The van der Waals surface area contributed by atoms with E-state index in [9.17, 15) is 0 Å². The van der Waals surface area contributed by atoms with Crippen LogP contribution in [0.25, 0.3) is 0 Å². The Morgan fingerprint density at radius 2 is 2.10 bits per heavy atom. The highest BCUT2D eigenvalue weighted by molar-refractivity contribution is 8.00. The van der Waals surface area contributed by atoms with Gasteiger partial charge in [-0.25, -0.2) is 0 Å². The van der Waals surface area contributed by atoms with Crippen molar-refractivity contribution in [3.63, 3.8) is 0 Å². The van der Waals surface area contributed by atoms with Crippen LogP contribution in [0.15, 0.2) is 47.4 Å². The zero-order chi connectivity index (χ0) is 14.7. The van der Waals surface area contributed by atoms with Crippen LogP contribution in [0.3, 0.4) is 0 Å². The van der Waals surface area contributed by atoms with Crippen LogP contribution in [0.4, 0.5) is 0 Å². The molecule has 0 aliphatic carbocycles. The minimum Gasteiger partial charge on any atom is -0.492 e. The molecule has 1 unspecified atom stereocenters. The molecule has 1 heterocycles. The summed E-state index contributed by atoms with van der Waals surface area (Å²) in [5.74, 6) is 0.904. The lowest BCUT2D eigenvalue weighted by atomic mass is 10.1. The zero-order valence-corrected chi connectivity index (χ0v) is 13.3. The Bertz CT molecular complexity index is 607. The summed E-state index contributed by atoms with van der Waals surface area (Å²) in [5, 5.41) is 1.21. The Labute approximate surface area is 134 Å². The number of thioether (sulfide) groups is 1. The highest BCUT2D eigenvalue weighted by Crippen LogP contribution is 2.37. The molecule has 2 nitrogen and oxygen atoms in total. The van der Waals surface area contributed by atoms with E-state index in [-0.39, 0.29) is 0 Å². The number of hydrogen-bond donors (Lipinski definition) is 1. The molecule has 4 heteroatoms. The molecule has 110 valence electrons. The molecule has 0 radical (unpaired) electrons. The van der Waals surface area contributed by atoms with Crippen molar-refractivity contribution in [1.29, 1.82) is 0 Å². The van der Waals surface area contributed by atoms with Gasteiger partial charge in [-0.3, -0.25) is 0 Å². The molecule has 21 heavy (non-hydrogen) atoms. The third kappa shape index (κ3) is 3.54. The maximum Gasteiger partial charge on any atom is 0.122 e. The summed E-state index contributed by atoms with van der Waals surface area (Å²) in [5.41, 5.74) is 8.17. The maximum atomic E-state index is 6.04. The Morgan fingerprint density at radius 1 is 1.24 bits per heavy atom. The first-order chi connectivity index (χ1) is 10.3. The van der Waals surface area contributed by atoms with Crippen LogP contribution in [-0.2, 0) is 12.8 Å². The van der Waals surface area contributed by atoms with Gasteiger partial charge in [0.25, 0.3) is 0 Å². The predicted octanol–water partition coefficient (Wildman–Crippen LogP) is 3.94. The summed E-state index contributed by atoms with van der Waals surface area (Å²) in [6.07, 6.45) is 1.86. The van der Waals surface area contributed by atoms with E-state index >= 15 is 0 Å². The van der Waals surface area contributed by atoms with E-state index in [2.05, 4.69) is 24.3 Å². The van der Waals surface area contributed by atoms with E-state index in [0.717, 1.165) is 29.2 Å². The van der Waals surface area contributed by atoms with E-state index in [1.165, 1.54) is 10.5 Å². The van der Waals surface area contributed by atoms with Crippen molar-refractivity contribution < 1.29 is 4.74 Å². The molecule has 1 atom stereocenters. The van der Waals surface area contributed by atoms with Crippen molar-refractivity contribution >= 4 is 23.4 Å². The van der Waals surface area contributed by atoms with Crippen LogP contribution >= 0.6 is 23.4 Å². The molecule has 0 amide bonds. The topological polar surface area (TPSA) is 35.2 Å². The van der Waals surface area contributed by atoms with E-state index in [1.807, 2.05) is 30.0 Å². The van der Waals surface area contributed by atoms with Crippen LogP contribution < -0.4 is 10.5 Å². The summed E-state index contributed by atoms with van der Waals surface area (Å²) in [6, 6.07) is 14.3. The van der Waals surface area contributed by atoms with Gasteiger partial charge in [0.15, 0.2) is 0 Å². The van der Waals surface area contributed by atoms with Gasteiger partial charge in [-0.1, -0.05) is 29.8 Å². The second-order valence-electron chi connectivity index (χ2n) is 5.15. The lowest BCUT2D eigenvalue weighted by Crippen LogP contribution is -2.14. The third-order valence-corrected chi connectivity index (χ3v) is 5.10. The first-order valence-electron chi connectivity index (χ1n) is 7.12. The van der Waals surface area contributed by atoms with Crippen LogP contribution in [0.5, 0.6) is 5.75 Å². The molecule has 0 fully saturated rings. The molecule has 2 aromatic rings.